The van der Waals surface area contributed by atoms with Gasteiger partial charge in [0.1, 0.15) is 5.75 Å². The SMILES string of the molecule is COc1ccc2c(c1)C=Cc1ccc(-c3ccccc3C(C)=O)cc1CN2C(C)=O. The van der Waals surface area contributed by atoms with E-state index in [9.17, 15) is 9.59 Å². The van der Waals surface area contributed by atoms with E-state index in [1.807, 2.05) is 60.7 Å². The third kappa shape index (κ3) is 3.64. The van der Waals surface area contributed by atoms with Crippen molar-refractivity contribution in [1.82, 2.24) is 0 Å². The summed E-state index contributed by atoms with van der Waals surface area (Å²) in [6, 6.07) is 19.5. The van der Waals surface area contributed by atoms with Gasteiger partial charge in [-0.25, -0.2) is 0 Å². The van der Waals surface area contributed by atoms with Gasteiger partial charge in [0, 0.05) is 18.1 Å². The van der Waals surface area contributed by atoms with E-state index in [1.54, 1.807) is 25.9 Å². The van der Waals surface area contributed by atoms with Crippen molar-refractivity contribution in [3.05, 3.63) is 82.9 Å². The predicted molar refractivity (Wildman–Crippen MR) is 121 cm³/mol. The van der Waals surface area contributed by atoms with E-state index < -0.39 is 0 Å². The van der Waals surface area contributed by atoms with E-state index >= 15 is 0 Å². The second-order valence-electron chi connectivity index (χ2n) is 7.38. The molecule has 0 saturated heterocycles. The molecule has 0 aromatic heterocycles. The summed E-state index contributed by atoms with van der Waals surface area (Å²) in [6.45, 7) is 3.61. The van der Waals surface area contributed by atoms with Gasteiger partial charge in [-0.3, -0.25) is 9.59 Å². The molecule has 150 valence electrons. The molecule has 0 atom stereocenters. The topological polar surface area (TPSA) is 46.6 Å². The lowest BCUT2D eigenvalue weighted by Gasteiger charge is -2.26. The number of carbonyl (C=O) groups excluding carboxylic acids is 2. The van der Waals surface area contributed by atoms with Gasteiger partial charge in [-0.15, -0.1) is 0 Å². The molecule has 1 aliphatic heterocycles. The fraction of sp³-hybridized carbons (Fsp3) is 0.154. The van der Waals surface area contributed by atoms with Crippen LogP contribution in [0.2, 0.25) is 0 Å². The zero-order valence-electron chi connectivity index (χ0n) is 17.3. The maximum Gasteiger partial charge on any atom is 0.224 e. The predicted octanol–water partition coefficient (Wildman–Crippen LogP) is 5.60. The van der Waals surface area contributed by atoms with Crippen LogP contribution in [0.5, 0.6) is 5.75 Å². The first-order chi connectivity index (χ1) is 14.5. The van der Waals surface area contributed by atoms with E-state index in [1.165, 1.54) is 0 Å². The van der Waals surface area contributed by atoms with Crippen LogP contribution < -0.4 is 9.64 Å². The standard InChI is InChI=1S/C26H23NO3/c1-17(28)24-6-4-5-7-25(24)20-10-8-19-9-11-21-15-23(30-3)12-13-26(21)27(18(2)29)16-22(19)14-20/h4-15H,16H2,1-3H3. The summed E-state index contributed by atoms with van der Waals surface area (Å²) in [5.74, 6) is 0.751. The minimum atomic E-state index is -0.0304. The Balaban J connectivity index is 1.85. The molecular formula is C26H23NO3. The van der Waals surface area contributed by atoms with Crippen molar-refractivity contribution in [1.29, 1.82) is 0 Å². The number of fused-ring (bicyclic) bond motifs is 2. The van der Waals surface area contributed by atoms with Crippen LogP contribution in [0.4, 0.5) is 5.69 Å². The quantitative estimate of drug-likeness (QED) is 0.540. The molecule has 30 heavy (non-hydrogen) atoms. The number of methoxy groups -OCH3 is 1. The highest BCUT2D eigenvalue weighted by Gasteiger charge is 2.20. The largest absolute Gasteiger partial charge is 0.497 e. The van der Waals surface area contributed by atoms with Crippen molar-refractivity contribution < 1.29 is 14.3 Å². The minimum absolute atomic E-state index is 0.0304. The van der Waals surface area contributed by atoms with Gasteiger partial charge >= 0.3 is 0 Å². The molecule has 4 nitrogen and oxygen atoms in total. The summed E-state index contributed by atoms with van der Waals surface area (Å²) in [7, 11) is 1.63. The van der Waals surface area contributed by atoms with E-state index in [4.69, 9.17) is 4.74 Å². The molecular weight excluding hydrogens is 374 g/mol. The lowest BCUT2D eigenvalue weighted by molar-refractivity contribution is -0.116. The number of carbonyl (C=O) groups is 2. The maximum atomic E-state index is 12.5. The number of amides is 1. The van der Waals surface area contributed by atoms with Crippen molar-refractivity contribution >= 4 is 29.5 Å². The number of ketones is 1. The molecule has 1 heterocycles. The Morgan fingerprint density at radius 2 is 1.67 bits per heavy atom. The van der Waals surface area contributed by atoms with Crippen LogP contribution in [0, 0.1) is 0 Å². The van der Waals surface area contributed by atoms with Gasteiger partial charge in [-0.2, -0.15) is 0 Å². The minimum Gasteiger partial charge on any atom is -0.497 e. The van der Waals surface area contributed by atoms with Crippen LogP contribution >= 0.6 is 0 Å². The fourth-order valence-corrected chi connectivity index (χ4v) is 3.87. The van der Waals surface area contributed by atoms with Crippen LogP contribution in [0.15, 0.2) is 60.7 Å². The number of nitrogens with zero attached hydrogens (tertiary/aromatic N) is 1. The van der Waals surface area contributed by atoms with Gasteiger partial charge in [0.25, 0.3) is 0 Å². The highest BCUT2D eigenvalue weighted by atomic mass is 16.5. The number of Topliss-reactive ketones (excluding diaryl/α,β-unsaturated/α-hetero) is 1. The summed E-state index contributed by atoms with van der Waals surface area (Å²) in [6.07, 6.45) is 4.07. The molecule has 0 spiro atoms. The maximum absolute atomic E-state index is 12.5. The first-order valence-corrected chi connectivity index (χ1v) is 9.85. The van der Waals surface area contributed by atoms with E-state index in [-0.39, 0.29) is 11.7 Å². The third-order valence-corrected chi connectivity index (χ3v) is 5.44. The Labute approximate surface area is 176 Å². The number of benzene rings is 3. The Bertz CT molecular complexity index is 1180. The second kappa shape index (κ2) is 7.99. The Hall–Kier alpha value is -3.66. The van der Waals surface area contributed by atoms with Gasteiger partial charge in [-0.1, -0.05) is 48.6 Å². The molecule has 0 unspecified atom stereocenters. The first-order valence-electron chi connectivity index (χ1n) is 9.85. The number of anilines is 1. The molecule has 0 aliphatic carbocycles. The Morgan fingerprint density at radius 3 is 2.40 bits per heavy atom. The third-order valence-electron chi connectivity index (χ3n) is 5.44. The molecule has 4 rings (SSSR count). The van der Waals surface area contributed by atoms with Gasteiger partial charge in [-0.05, 0) is 53.4 Å². The summed E-state index contributed by atoms with van der Waals surface area (Å²) in [4.78, 5) is 26.4. The summed E-state index contributed by atoms with van der Waals surface area (Å²) in [5, 5.41) is 0. The van der Waals surface area contributed by atoms with E-state index in [0.717, 1.165) is 39.3 Å². The highest BCUT2D eigenvalue weighted by molar-refractivity contribution is 6.01. The molecule has 0 bridgehead atoms. The molecule has 0 N–H and O–H groups in total. The second-order valence-corrected chi connectivity index (χ2v) is 7.38. The zero-order valence-corrected chi connectivity index (χ0v) is 17.3. The smallest absolute Gasteiger partial charge is 0.224 e. The summed E-state index contributed by atoms with van der Waals surface area (Å²) < 4.78 is 5.35. The molecule has 4 heteroatoms. The van der Waals surface area contributed by atoms with Crippen molar-refractivity contribution in [2.45, 2.75) is 20.4 Å². The average molecular weight is 397 g/mol. The van der Waals surface area contributed by atoms with Crippen molar-refractivity contribution in [3.63, 3.8) is 0 Å². The number of ether oxygens (including phenoxy) is 1. The van der Waals surface area contributed by atoms with Gasteiger partial charge in [0.05, 0.1) is 19.3 Å². The Kier molecular flexibility index (Phi) is 5.23. The van der Waals surface area contributed by atoms with Gasteiger partial charge in [0.15, 0.2) is 5.78 Å². The van der Waals surface area contributed by atoms with Crippen LogP contribution in [-0.2, 0) is 11.3 Å². The normalized spacial score (nSPS) is 12.4. The van der Waals surface area contributed by atoms with E-state index in [0.29, 0.717) is 12.1 Å². The first kappa shape index (κ1) is 19.6. The molecule has 0 radical (unpaired) electrons. The molecule has 3 aromatic carbocycles. The molecule has 3 aromatic rings. The van der Waals surface area contributed by atoms with Crippen molar-refractivity contribution in [3.8, 4) is 16.9 Å². The average Bonchev–Trinajstić information content (AvgIpc) is 2.74. The lowest BCUT2D eigenvalue weighted by Crippen LogP contribution is -2.29. The number of hydrogen-bond acceptors (Lipinski definition) is 3. The molecule has 0 fully saturated rings. The zero-order chi connectivity index (χ0) is 21.3. The van der Waals surface area contributed by atoms with Crippen molar-refractivity contribution in [2.24, 2.45) is 0 Å². The van der Waals surface area contributed by atoms with Gasteiger partial charge in [0.2, 0.25) is 5.91 Å². The van der Waals surface area contributed by atoms with E-state index in [2.05, 4.69) is 12.1 Å². The van der Waals surface area contributed by atoms with Crippen LogP contribution in [0.3, 0.4) is 0 Å². The Morgan fingerprint density at radius 1 is 0.900 bits per heavy atom. The highest BCUT2D eigenvalue weighted by Crippen LogP contribution is 2.34. The fourth-order valence-electron chi connectivity index (χ4n) is 3.87. The van der Waals surface area contributed by atoms with Crippen LogP contribution in [-0.4, -0.2) is 18.8 Å². The number of hydrogen-bond donors (Lipinski definition) is 0. The molecule has 1 aliphatic rings. The van der Waals surface area contributed by atoms with Crippen LogP contribution in [0.1, 0.15) is 40.9 Å². The number of rotatable bonds is 3. The summed E-state index contributed by atoms with van der Waals surface area (Å²) >= 11 is 0. The molecule has 0 saturated carbocycles. The lowest BCUT2D eigenvalue weighted by atomic mass is 9.93. The van der Waals surface area contributed by atoms with Gasteiger partial charge < -0.3 is 9.64 Å². The van der Waals surface area contributed by atoms with Crippen LogP contribution in [0.25, 0.3) is 23.3 Å². The molecule has 1 amide bonds. The summed E-state index contributed by atoms with van der Waals surface area (Å²) in [5.41, 5.74) is 6.41. The van der Waals surface area contributed by atoms with Crippen molar-refractivity contribution in [2.75, 3.05) is 12.0 Å². The monoisotopic (exact) mass is 397 g/mol.